The van der Waals surface area contributed by atoms with Crippen LogP contribution in [0.4, 0.5) is 17.1 Å². The summed E-state index contributed by atoms with van der Waals surface area (Å²) in [4.78, 5) is 4.92. The number of furan rings is 1. The Balaban J connectivity index is 1.32. The van der Waals surface area contributed by atoms with Gasteiger partial charge in [-0.2, -0.15) is 0 Å². The lowest BCUT2D eigenvalue weighted by molar-refractivity contribution is 0.668. The Kier molecular flexibility index (Phi) is 4.94. The molecule has 0 saturated heterocycles. The Morgan fingerprint density at radius 3 is 2.26 bits per heavy atom. The zero-order chi connectivity index (χ0) is 25.2. The highest BCUT2D eigenvalue weighted by Crippen LogP contribution is 2.50. The third-order valence-corrected chi connectivity index (χ3v) is 8.90. The van der Waals surface area contributed by atoms with Crippen LogP contribution in [0, 0.1) is 0 Å². The molecule has 2 heterocycles. The average Bonchev–Trinajstić information content (AvgIpc) is 3.31. The molecule has 0 spiro atoms. The van der Waals surface area contributed by atoms with Crippen molar-refractivity contribution in [1.82, 2.24) is 0 Å². The van der Waals surface area contributed by atoms with Crippen LogP contribution in [0.3, 0.4) is 0 Å². The molecule has 1 aromatic heterocycles. The van der Waals surface area contributed by atoms with Gasteiger partial charge in [-0.1, -0.05) is 82.3 Å². The second-order valence-electron chi connectivity index (χ2n) is 9.54. The SMILES string of the molecule is Brc1ccc2c(c1)oc1ccc(N(c3ccccc3)c3ccc4c(c3)Sc3cccc5cccc-4c35)cc12. The topological polar surface area (TPSA) is 16.4 Å². The summed E-state index contributed by atoms with van der Waals surface area (Å²) in [5.74, 6) is 0. The van der Waals surface area contributed by atoms with E-state index in [1.165, 1.54) is 31.7 Å². The van der Waals surface area contributed by atoms with Crippen molar-refractivity contribution in [2.24, 2.45) is 0 Å². The number of para-hydroxylation sites is 1. The van der Waals surface area contributed by atoms with E-state index in [1.54, 1.807) is 0 Å². The van der Waals surface area contributed by atoms with E-state index in [1.807, 2.05) is 17.8 Å². The highest BCUT2D eigenvalue weighted by Gasteiger charge is 2.22. The molecular formula is C34H20BrNOS. The van der Waals surface area contributed by atoms with E-state index < -0.39 is 0 Å². The van der Waals surface area contributed by atoms with Crippen molar-refractivity contribution in [2.45, 2.75) is 9.79 Å². The lowest BCUT2D eigenvalue weighted by Crippen LogP contribution is -2.10. The van der Waals surface area contributed by atoms with Crippen LogP contribution in [0.1, 0.15) is 0 Å². The molecule has 0 N–H and O–H groups in total. The molecule has 38 heavy (non-hydrogen) atoms. The number of rotatable bonds is 3. The summed E-state index contributed by atoms with van der Waals surface area (Å²) in [6.45, 7) is 0. The van der Waals surface area contributed by atoms with Crippen molar-refractivity contribution in [3.8, 4) is 11.1 Å². The summed E-state index contributed by atoms with van der Waals surface area (Å²) in [6, 6.07) is 43.3. The molecule has 180 valence electrons. The molecule has 0 fully saturated rings. The van der Waals surface area contributed by atoms with Crippen molar-refractivity contribution < 1.29 is 4.42 Å². The molecule has 1 aliphatic rings. The van der Waals surface area contributed by atoms with E-state index in [4.69, 9.17) is 4.42 Å². The van der Waals surface area contributed by atoms with Gasteiger partial charge in [0.2, 0.25) is 0 Å². The maximum Gasteiger partial charge on any atom is 0.136 e. The van der Waals surface area contributed by atoms with Gasteiger partial charge >= 0.3 is 0 Å². The van der Waals surface area contributed by atoms with Gasteiger partial charge in [0.15, 0.2) is 0 Å². The van der Waals surface area contributed by atoms with Gasteiger partial charge in [0.25, 0.3) is 0 Å². The van der Waals surface area contributed by atoms with Gasteiger partial charge in [0.05, 0.1) is 0 Å². The monoisotopic (exact) mass is 569 g/mol. The summed E-state index contributed by atoms with van der Waals surface area (Å²) in [5, 5.41) is 4.87. The summed E-state index contributed by atoms with van der Waals surface area (Å²) < 4.78 is 7.18. The lowest BCUT2D eigenvalue weighted by atomic mass is 9.97. The molecule has 0 unspecified atom stereocenters. The van der Waals surface area contributed by atoms with Crippen LogP contribution in [0.15, 0.2) is 140 Å². The minimum atomic E-state index is 0.885. The number of nitrogens with zero attached hydrogens (tertiary/aromatic N) is 1. The molecule has 0 aliphatic carbocycles. The molecule has 8 rings (SSSR count). The fraction of sp³-hybridized carbons (Fsp3) is 0. The largest absolute Gasteiger partial charge is 0.456 e. The maximum atomic E-state index is 6.16. The van der Waals surface area contributed by atoms with Crippen molar-refractivity contribution in [3.63, 3.8) is 0 Å². The Morgan fingerprint density at radius 1 is 0.553 bits per heavy atom. The number of hydrogen-bond acceptors (Lipinski definition) is 3. The molecular weight excluding hydrogens is 550 g/mol. The van der Waals surface area contributed by atoms with Crippen LogP contribution in [0.5, 0.6) is 0 Å². The summed E-state index contributed by atoms with van der Waals surface area (Å²) >= 11 is 5.43. The van der Waals surface area contributed by atoms with Crippen molar-refractivity contribution in [2.75, 3.05) is 4.90 Å². The molecule has 0 radical (unpaired) electrons. The molecule has 7 aromatic rings. The van der Waals surface area contributed by atoms with Crippen molar-refractivity contribution in [1.29, 1.82) is 0 Å². The van der Waals surface area contributed by atoms with E-state index in [0.29, 0.717) is 0 Å². The molecule has 4 heteroatoms. The van der Waals surface area contributed by atoms with E-state index in [-0.39, 0.29) is 0 Å². The normalized spacial score (nSPS) is 12.2. The van der Waals surface area contributed by atoms with Crippen LogP contribution in [0.25, 0.3) is 43.8 Å². The molecule has 6 aromatic carbocycles. The predicted octanol–water partition coefficient (Wildman–Crippen LogP) is 11.1. The quantitative estimate of drug-likeness (QED) is 0.210. The van der Waals surface area contributed by atoms with Crippen molar-refractivity contribution >= 4 is 77.5 Å². The number of hydrogen-bond donors (Lipinski definition) is 0. The Hall–Kier alpha value is -3.99. The second-order valence-corrected chi connectivity index (χ2v) is 11.5. The molecule has 2 nitrogen and oxygen atoms in total. The van der Waals surface area contributed by atoms with E-state index in [2.05, 4.69) is 136 Å². The standard InChI is InChI=1S/C34H20BrNOS/c35-22-12-15-26-29-19-24(14-17-30(29)37-31(26)18-22)36(23-8-2-1-3-9-23)25-13-16-27-28-10-4-6-21-7-5-11-32(34(21)28)38-33(27)20-25/h1-20H. The van der Waals surface area contributed by atoms with Crippen LogP contribution >= 0.6 is 27.7 Å². The third-order valence-electron chi connectivity index (χ3n) is 7.29. The minimum Gasteiger partial charge on any atom is -0.456 e. The second kappa shape index (κ2) is 8.52. The van der Waals surface area contributed by atoms with E-state index >= 15 is 0 Å². The molecule has 0 atom stereocenters. The highest BCUT2D eigenvalue weighted by atomic mass is 79.9. The van der Waals surface area contributed by atoms with Gasteiger partial charge < -0.3 is 9.32 Å². The summed E-state index contributed by atoms with van der Waals surface area (Å²) in [5.41, 5.74) is 7.71. The van der Waals surface area contributed by atoms with E-state index in [9.17, 15) is 0 Å². The number of anilines is 3. The van der Waals surface area contributed by atoms with Crippen LogP contribution in [-0.4, -0.2) is 0 Å². The fourth-order valence-electron chi connectivity index (χ4n) is 5.59. The van der Waals surface area contributed by atoms with Crippen LogP contribution < -0.4 is 4.90 Å². The Morgan fingerprint density at radius 2 is 1.37 bits per heavy atom. The van der Waals surface area contributed by atoms with Gasteiger partial charge in [-0.05, 0) is 83.2 Å². The molecule has 0 amide bonds. The van der Waals surface area contributed by atoms with Crippen molar-refractivity contribution in [3.05, 3.63) is 126 Å². The van der Waals surface area contributed by atoms with Gasteiger partial charge in [0.1, 0.15) is 11.2 Å². The maximum absolute atomic E-state index is 6.16. The zero-order valence-electron chi connectivity index (χ0n) is 20.2. The zero-order valence-corrected chi connectivity index (χ0v) is 22.6. The Labute approximate surface area is 232 Å². The summed E-state index contributed by atoms with van der Waals surface area (Å²) in [7, 11) is 0. The van der Waals surface area contributed by atoms with Gasteiger partial charge in [0, 0.05) is 47.5 Å². The molecule has 1 aliphatic heterocycles. The van der Waals surface area contributed by atoms with Crippen LogP contribution in [-0.2, 0) is 0 Å². The average molecular weight is 571 g/mol. The van der Waals surface area contributed by atoms with E-state index in [0.717, 1.165) is 43.5 Å². The predicted molar refractivity (Wildman–Crippen MR) is 163 cm³/mol. The highest BCUT2D eigenvalue weighted by molar-refractivity contribution is 9.10. The summed E-state index contributed by atoms with van der Waals surface area (Å²) in [6.07, 6.45) is 0. The molecule has 0 saturated carbocycles. The smallest absolute Gasteiger partial charge is 0.136 e. The first-order valence-electron chi connectivity index (χ1n) is 12.5. The first kappa shape index (κ1) is 22.0. The van der Waals surface area contributed by atoms with Gasteiger partial charge in [-0.3, -0.25) is 0 Å². The minimum absolute atomic E-state index is 0.885. The lowest BCUT2D eigenvalue weighted by Gasteiger charge is -2.28. The number of halogens is 1. The Bertz CT molecular complexity index is 2020. The third kappa shape index (κ3) is 3.41. The fourth-order valence-corrected chi connectivity index (χ4v) is 7.12. The first-order chi connectivity index (χ1) is 18.7. The number of fused-ring (bicyclic) bond motifs is 5. The molecule has 0 bridgehead atoms. The van der Waals surface area contributed by atoms with Crippen LogP contribution in [0.2, 0.25) is 0 Å². The number of benzene rings is 6. The first-order valence-corrected chi connectivity index (χ1v) is 14.1. The van der Waals surface area contributed by atoms with Gasteiger partial charge in [-0.25, -0.2) is 0 Å². The van der Waals surface area contributed by atoms with Gasteiger partial charge in [-0.15, -0.1) is 0 Å².